The van der Waals surface area contributed by atoms with E-state index < -0.39 is 0 Å². The molecule has 0 aliphatic carbocycles. The van der Waals surface area contributed by atoms with Gasteiger partial charge >= 0.3 is 0 Å². The zero-order valence-electron chi connectivity index (χ0n) is 11.7. The van der Waals surface area contributed by atoms with Crippen LogP contribution in [0.15, 0.2) is 0 Å². The van der Waals surface area contributed by atoms with Crippen molar-refractivity contribution >= 4 is 0 Å². The third-order valence-electron chi connectivity index (χ3n) is 5.17. The van der Waals surface area contributed by atoms with Crippen molar-refractivity contribution in [2.75, 3.05) is 19.8 Å². The van der Waals surface area contributed by atoms with Gasteiger partial charge in [-0.2, -0.15) is 0 Å². The number of rotatable bonds is 3. The Kier molecular flexibility index (Phi) is 4.22. The highest BCUT2D eigenvalue weighted by atomic mass is 16.5. The Morgan fingerprint density at radius 1 is 1.00 bits per heavy atom. The maximum absolute atomic E-state index is 5.62. The Morgan fingerprint density at radius 3 is 2.50 bits per heavy atom. The van der Waals surface area contributed by atoms with Crippen LogP contribution in [0.1, 0.15) is 51.9 Å². The standard InChI is InChI=1S/C15H28N2O/c1-2-17(14-4-3-8-18-9-7-14)15-10-12-5-6-13(11-15)16-12/h12-16H,2-11H2,1H3. The molecule has 3 heteroatoms. The molecule has 0 aromatic rings. The summed E-state index contributed by atoms with van der Waals surface area (Å²) in [6.45, 7) is 5.51. The van der Waals surface area contributed by atoms with Gasteiger partial charge in [0.25, 0.3) is 0 Å². The van der Waals surface area contributed by atoms with Crippen molar-refractivity contribution in [1.29, 1.82) is 0 Å². The molecule has 3 rings (SSSR count). The summed E-state index contributed by atoms with van der Waals surface area (Å²) in [7, 11) is 0. The van der Waals surface area contributed by atoms with Crippen LogP contribution in [0.4, 0.5) is 0 Å². The van der Waals surface area contributed by atoms with Crippen LogP contribution in [0.2, 0.25) is 0 Å². The van der Waals surface area contributed by atoms with Crippen molar-refractivity contribution in [2.45, 2.75) is 76.0 Å². The SMILES string of the molecule is CCN(C1CCCOCC1)C1CC2CCC(C1)N2. The van der Waals surface area contributed by atoms with Crippen LogP contribution in [0.5, 0.6) is 0 Å². The largest absolute Gasteiger partial charge is 0.381 e. The van der Waals surface area contributed by atoms with Crippen LogP contribution in [0.3, 0.4) is 0 Å². The molecule has 1 N–H and O–H groups in total. The molecule has 0 saturated carbocycles. The van der Waals surface area contributed by atoms with Crippen LogP contribution in [-0.2, 0) is 4.74 Å². The molecular weight excluding hydrogens is 224 g/mol. The van der Waals surface area contributed by atoms with Crippen molar-refractivity contribution in [2.24, 2.45) is 0 Å². The molecule has 3 heterocycles. The van der Waals surface area contributed by atoms with E-state index in [0.29, 0.717) is 0 Å². The van der Waals surface area contributed by atoms with Gasteiger partial charge in [0, 0.05) is 37.4 Å². The average molecular weight is 252 g/mol. The lowest BCUT2D eigenvalue weighted by Crippen LogP contribution is -2.51. The first kappa shape index (κ1) is 12.9. The predicted molar refractivity (Wildman–Crippen MR) is 73.8 cm³/mol. The number of fused-ring (bicyclic) bond motifs is 2. The van der Waals surface area contributed by atoms with Gasteiger partial charge in [0.05, 0.1) is 0 Å². The molecule has 3 unspecified atom stereocenters. The average Bonchev–Trinajstić information content (AvgIpc) is 2.59. The minimum absolute atomic E-state index is 0.778. The first-order valence-electron chi connectivity index (χ1n) is 7.96. The van der Waals surface area contributed by atoms with E-state index in [1.807, 2.05) is 0 Å². The quantitative estimate of drug-likeness (QED) is 0.833. The summed E-state index contributed by atoms with van der Waals surface area (Å²) >= 11 is 0. The number of nitrogens with one attached hydrogen (secondary N) is 1. The van der Waals surface area contributed by atoms with Gasteiger partial charge < -0.3 is 10.1 Å². The van der Waals surface area contributed by atoms with E-state index in [0.717, 1.165) is 37.4 Å². The van der Waals surface area contributed by atoms with Gasteiger partial charge in [0.2, 0.25) is 0 Å². The molecule has 3 aliphatic heterocycles. The molecule has 3 aliphatic rings. The highest BCUT2D eigenvalue weighted by molar-refractivity contribution is 4.96. The maximum Gasteiger partial charge on any atom is 0.0480 e. The second kappa shape index (κ2) is 5.89. The zero-order chi connectivity index (χ0) is 12.4. The van der Waals surface area contributed by atoms with Crippen molar-refractivity contribution in [3.05, 3.63) is 0 Å². The zero-order valence-corrected chi connectivity index (χ0v) is 11.7. The molecule has 18 heavy (non-hydrogen) atoms. The molecule has 0 spiro atoms. The minimum Gasteiger partial charge on any atom is -0.381 e. The summed E-state index contributed by atoms with van der Waals surface area (Å²) in [5, 5.41) is 3.76. The van der Waals surface area contributed by atoms with Crippen LogP contribution < -0.4 is 5.32 Å². The Balaban J connectivity index is 1.63. The first-order chi connectivity index (χ1) is 8.86. The fraction of sp³-hybridized carbons (Fsp3) is 1.00. The second-order valence-electron chi connectivity index (χ2n) is 6.29. The van der Waals surface area contributed by atoms with Crippen LogP contribution in [-0.4, -0.2) is 48.8 Å². The van der Waals surface area contributed by atoms with Gasteiger partial charge in [-0.15, -0.1) is 0 Å². The lowest BCUT2D eigenvalue weighted by atomic mass is 9.95. The van der Waals surface area contributed by atoms with Gasteiger partial charge in [-0.05, 0) is 51.5 Å². The maximum atomic E-state index is 5.62. The predicted octanol–water partition coefficient (Wildman–Crippen LogP) is 2.16. The molecule has 0 aromatic carbocycles. The highest BCUT2D eigenvalue weighted by Crippen LogP contribution is 2.32. The summed E-state index contributed by atoms with van der Waals surface area (Å²) in [5.41, 5.74) is 0. The number of hydrogen-bond acceptors (Lipinski definition) is 3. The normalized spacial score (nSPS) is 41.0. The van der Waals surface area contributed by atoms with Crippen molar-refractivity contribution < 1.29 is 4.74 Å². The molecule has 3 atom stereocenters. The topological polar surface area (TPSA) is 24.5 Å². The summed E-state index contributed by atoms with van der Waals surface area (Å²) in [4.78, 5) is 2.81. The van der Waals surface area contributed by atoms with E-state index in [1.54, 1.807) is 0 Å². The summed E-state index contributed by atoms with van der Waals surface area (Å²) in [6, 6.07) is 3.23. The Hall–Kier alpha value is -0.120. The van der Waals surface area contributed by atoms with Crippen molar-refractivity contribution in [3.63, 3.8) is 0 Å². The van der Waals surface area contributed by atoms with Crippen LogP contribution in [0, 0.1) is 0 Å². The van der Waals surface area contributed by atoms with Gasteiger partial charge in [-0.1, -0.05) is 6.92 Å². The highest BCUT2D eigenvalue weighted by Gasteiger charge is 2.37. The van der Waals surface area contributed by atoms with E-state index >= 15 is 0 Å². The van der Waals surface area contributed by atoms with Gasteiger partial charge in [-0.25, -0.2) is 0 Å². The van der Waals surface area contributed by atoms with Gasteiger partial charge in [0.15, 0.2) is 0 Å². The van der Waals surface area contributed by atoms with E-state index in [-0.39, 0.29) is 0 Å². The van der Waals surface area contributed by atoms with E-state index in [9.17, 15) is 0 Å². The molecule has 3 nitrogen and oxygen atoms in total. The molecule has 2 bridgehead atoms. The molecular formula is C15H28N2O. The van der Waals surface area contributed by atoms with Crippen molar-refractivity contribution in [3.8, 4) is 0 Å². The van der Waals surface area contributed by atoms with Crippen LogP contribution >= 0.6 is 0 Å². The fourth-order valence-electron chi connectivity index (χ4n) is 4.33. The summed E-state index contributed by atoms with van der Waals surface area (Å²) in [5.74, 6) is 0. The molecule has 0 amide bonds. The lowest BCUT2D eigenvalue weighted by molar-refractivity contribution is 0.0828. The molecule has 0 radical (unpaired) electrons. The molecule has 3 saturated heterocycles. The van der Waals surface area contributed by atoms with E-state index in [1.165, 1.54) is 51.5 Å². The second-order valence-corrected chi connectivity index (χ2v) is 6.29. The van der Waals surface area contributed by atoms with E-state index in [2.05, 4.69) is 17.1 Å². The third kappa shape index (κ3) is 2.73. The number of ether oxygens (including phenoxy) is 1. The van der Waals surface area contributed by atoms with Gasteiger partial charge in [0.1, 0.15) is 0 Å². The van der Waals surface area contributed by atoms with Crippen molar-refractivity contribution in [1.82, 2.24) is 10.2 Å². The van der Waals surface area contributed by atoms with Gasteiger partial charge in [-0.3, -0.25) is 4.90 Å². The van der Waals surface area contributed by atoms with E-state index in [4.69, 9.17) is 4.74 Å². The monoisotopic (exact) mass is 252 g/mol. The number of hydrogen-bond donors (Lipinski definition) is 1. The first-order valence-corrected chi connectivity index (χ1v) is 7.96. The minimum atomic E-state index is 0.778. The number of nitrogens with zero attached hydrogens (tertiary/aromatic N) is 1. The number of piperidine rings is 1. The summed E-state index contributed by atoms with van der Waals surface area (Å²) < 4.78 is 5.62. The smallest absolute Gasteiger partial charge is 0.0480 e. The molecule has 104 valence electrons. The Bertz CT molecular complexity index is 251. The molecule has 0 aromatic heterocycles. The fourth-order valence-corrected chi connectivity index (χ4v) is 4.33. The van der Waals surface area contributed by atoms with Crippen LogP contribution in [0.25, 0.3) is 0 Å². The Labute approximate surface area is 111 Å². The summed E-state index contributed by atoms with van der Waals surface area (Å²) in [6.07, 6.45) is 9.40. The third-order valence-corrected chi connectivity index (χ3v) is 5.17. The Morgan fingerprint density at radius 2 is 1.78 bits per heavy atom. The lowest BCUT2D eigenvalue weighted by Gasteiger charge is -2.41. The molecule has 3 fully saturated rings.